The Bertz CT molecular complexity index is 106. The summed E-state index contributed by atoms with van der Waals surface area (Å²) in [6.45, 7) is 14.6. The summed E-state index contributed by atoms with van der Waals surface area (Å²) >= 11 is 0. The Kier molecular flexibility index (Phi) is 102. The van der Waals surface area contributed by atoms with Crippen molar-refractivity contribution in [2.75, 3.05) is 0 Å². The van der Waals surface area contributed by atoms with Crippen LogP contribution in [0.1, 0.15) is 76.7 Å². The molecular formula is C15H37KO2. The first-order chi connectivity index (χ1) is 6.74. The SMILES string of the molecule is C.C.CC(C)(C)[O-].CC=CC.CC=O.CCC.[K+]. The molecule has 3 heteroatoms. The first kappa shape index (κ1) is 42.7. The van der Waals surface area contributed by atoms with Gasteiger partial charge in [0, 0.05) is 0 Å². The standard InChI is InChI=1S/C4H9O.C4H8.C3H8.C2H4O.2CH4.K/c1-4(2,3)5;1-3-4-2;1-3-2;1-2-3;;;/h1-3H3;3-4H,1-2H3;3H2,1-2H3;2H,1H3;2*1H4;/q-1;;;;;;+1. The van der Waals surface area contributed by atoms with E-state index >= 15 is 0 Å². The largest absolute Gasteiger partial charge is 1.00 e. The summed E-state index contributed by atoms with van der Waals surface area (Å²) in [6.07, 6.45) is 6.00. The maximum absolute atomic E-state index is 10.1. The van der Waals surface area contributed by atoms with E-state index in [0.29, 0.717) is 0 Å². The molecular weight excluding hydrogens is 251 g/mol. The molecule has 0 radical (unpaired) electrons. The summed E-state index contributed by atoms with van der Waals surface area (Å²) in [7, 11) is 0. The first-order valence-corrected chi connectivity index (χ1v) is 5.42. The van der Waals surface area contributed by atoms with Crippen LogP contribution in [0.4, 0.5) is 0 Å². The molecule has 0 aliphatic heterocycles. The molecule has 0 aromatic heterocycles. The molecule has 0 atom stereocenters. The summed E-state index contributed by atoms with van der Waals surface area (Å²) in [6, 6.07) is 0. The minimum absolute atomic E-state index is 0. The maximum Gasteiger partial charge on any atom is 1.00 e. The van der Waals surface area contributed by atoms with Crippen LogP contribution in [0.3, 0.4) is 0 Å². The predicted octanol–water partition coefficient (Wildman–Crippen LogP) is 1.63. The summed E-state index contributed by atoms with van der Waals surface area (Å²) in [5.74, 6) is 0. The molecule has 110 valence electrons. The number of rotatable bonds is 0. The van der Waals surface area contributed by atoms with Crippen LogP contribution in [-0.4, -0.2) is 11.9 Å². The van der Waals surface area contributed by atoms with E-state index in [2.05, 4.69) is 13.8 Å². The van der Waals surface area contributed by atoms with Crippen LogP contribution < -0.4 is 56.5 Å². The molecule has 0 aliphatic rings. The molecule has 0 N–H and O–H groups in total. The number of hydrogen-bond acceptors (Lipinski definition) is 2. The van der Waals surface area contributed by atoms with Crippen molar-refractivity contribution in [3.05, 3.63) is 12.2 Å². The van der Waals surface area contributed by atoms with Crippen molar-refractivity contribution in [2.24, 2.45) is 0 Å². The molecule has 0 aromatic carbocycles. The molecule has 0 spiro atoms. The molecule has 0 aromatic rings. The van der Waals surface area contributed by atoms with Crippen LogP contribution in [-0.2, 0) is 4.79 Å². The first-order valence-electron chi connectivity index (χ1n) is 5.42. The average molecular weight is 289 g/mol. The van der Waals surface area contributed by atoms with Crippen molar-refractivity contribution in [1.29, 1.82) is 0 Å². The van der Waals surface area contributed by atoms with E-state index in [1.54, 1.807) is 20.8 Å². The fourth-order valence-electron chi connectivity index (χ4n) is 0. The van der Waals surface area contributed by atoms with Gasteiger partial charge in [0.25, 0.3) is 0 Å². The van der Waals surface area contributed by atoms with Crippen molar-refractivity contribution in [1.82, 2.24) is 0 Å². The third-order valence-corrected chi connectivity index (χ3v) is 0.333. The second-order valence-corrected chi connectivity index (χ2v) is 3.72. The molecule has 0 saturated carbocycles. The van der Waals surface area contributed by atoms with Crippen LogP contribution in [0.5, 0.6) is 0 Å². The average Bonchev–Trinajstić information content (AvgIpc) is 2.04. The van der Waals surface area contributed by atoms with Gasteiger partial charge in [0.05, 0.1) is 0 Å². The monoisotopic (exact) mass is 288 g/mol. The van der Waals surface area contributed by atoms with E-state index in [0.717, 1.165) is 6.29 Å². The zero-order chi connectivity index (χ0) is 13.3. The van der Waals surface area contributed by atoms with Gasteiger partial charge in [-0.15, -0.1) is 5.60 Å². The molecule has 0 unspecified atom stereocenters. The van der Waals surface area contributed by atoms with Crippen molar-refractivity contribution in [3.8, 4) is 0 Å². The van der Waals surface area contributed by atoms with Gasteiger partial charge >= 0.3 is 51.4 Å². The zero-order valence-corrected chi connectivity index (χ0v) is 15.9. The van der Waals surface area contributed by atoms with E-state index in [-0.39, 0.29) is 66.2 Å². The van der Waals surface area contributed by atoms with Gasteiger partial charge in [-0.2, -0.15) is 0 Å². The van der Waals surface area contributed by atoms with Crippen molar-refractivity contribution in [3.63, 3.8) is 0 Å². The van der Waals surface area contributed by atoms with Crippen LogP contribution >= 0.6 is 0 Å². The van der Waals surface area contributed by atoms with Crippen LogP contribution in [0.15, 0.2) is 12.2 Å². The van der Waals surface area contributed by atoms with Crippen LogP contribution in [0.2, 0.25) is 0 Å². The van der Waals surface area contributed by atoms with Gasteiger partial charge in [-0.25, -0.2) is 0 Å². The Morgan fingerprint density at radius 2 is 1.00 bits per heavy atom. The molecule has 0 rings (SSSR count). The number of aldehydes is 1. The van der Waals surface area contributed by atoms with Gasteiger partial charge in [0.2, 0.25) is 0 Å². The van der Waals surface area contributed by atoms with Crippen molar-refractivity contribution < 1.29 is 61.3 Å². The minimum atomic E-state index is -0.750. The molecule has 0 saturated heterocycles. The summed E-state index contributed by atoms with van der Waals surface area (Å²) < 4.78 is 0. The normalized spacial score (nSPS) is 7.17. The van der Waals surface area contributed by atoms with Gasteiger partial charge in [0.1, 0.15) is 6.29 Å². The maximum atomic E-state index is 10.1. The minimum Gasteiger partial charge on any atom is -0.850 e. The molecule has 18 heavy (non-hydrogen) atoms. The van der Waals surface area contributed by atoms with Crippen molar-refractivity contribution in [2.45, 2.75) is 82.3 Å². The van der Waals surface area contributed by atoms with Gasteiger partial charge in [-0.1, -0.05) is 68.0 Å². The third kappa shape index (κ3) is 1080. The van der Waals surface area contributed by atoms with Crippen LogP contribution in [0.25, 0.3) is 0 Å². The fraction of sp³-hybridized carbons (Fsp3) is 0.800. The fourth-order valence-corrected chi connectivity index (χ4v) is 0. The molecule has 0 bridgehead atoms. The number of hydrogen-bond donors (Lipinski definition) is 0. The Balaban J connectivity index is -0.0000000174. The van der Waals surface area contributed by atoms with E-state index in [1.807, 2.05) is 26.0 Å². The zero-order valence-electron chi connectivity index (χ0n) is 12.8. The molecule has 0 aliphatic carbocycles. The molecule has 2 nitrogen and oxygen atoms in total. The van der Waals surface area contributed by atoms with Gasteiger partial charge in [-0.05, 0) is 20.8 Å². The van der Waals surface area contributed by atoms with Gasteiger partial charge < -0.3 is 9.90 Å². The van der Waals surface area contributed by atoms with Gasteiger partial charge in [0.15, 0.2) is 0 Å². The van der Waals surface area contributed by atoms with E-state index < -0.39 is 5.60 Å². The Morgan fingerprint density at radius 1 is 0.944 bits per heavy atom. The summed E-state index contributed by atoms with van der Waals surface area (Å²) in [5, 5.41) is 10.1. The third-order valence-electron chi connectivity index (χ3n) is 0.333. The Morgan fingerprint density at radius 3 is 1.00 bits per heavy atom. The topological polar surface area (TPSA) is 40.1 Å². The second-order valence-electron chi connectivity index (χ2n) is 3.72. The van der Waals surface area contributed by atoms with E-state index in [4.69, 9.17) is 4.79 Å². The summed E-state index contributed by atoms with van der Waals surface area (Å²) in [5.41, 5.74) is -0.750. The second kappa shape index (κ2) is 43.0. The van der Waals surface area contributed by atoms with E-state index in [1.165, 1.54) is 13.3 Å². The summed E-state index contributed by atoms with van der Waals surface area (Å²) in [4.78, 5) is 8.81. The predicted molar refractivity (Wildman–Crippen MR) is 81.4 cm³/mol. The molecule has 0 amide bonds. The van der Waals surface area contributed by atoms with Crippen molar-refractivity contribution >= 4 is 6.29 Å². The van der Waals surface area contributed by atoms with Gasteiger partial charge in [-0.3, -0.25) is 0 Å². The smallest absolute Gasteiger partial charge is 0.850 e. The molecule has 0 heterocycles. The quantitative estimate of drug-likeness (QED) is 0.386. The number of allylic oxidation sites excluding steroid dienone is 2. The molecule has 0 fully saturated rings. The Hall–Kier alpha value is 1.01. The van der Waals surface area contributed by atoms with Crippen LogP contribution in [0, 0.1) is 0 Å². The van der Waals surface area contributed by atoms with E-state index in [9.17, 15) is 5.11 Å². The number of carbonyl (C=O) groups excluding carboxylic acids is 1. The Labute approximate surface area is 160 Å². The number of carbonyl (C=O) groups is 1.